The molecular weight excluding hydrogens is 325 g/mol. The van der Waals surface area contributed by atoms with Gasteiger partial charge in [0.1, 0.15) is 5.76 Å². The van der Waals surface area contributed by atoms with Gasteiger partial charge in [-0.15, -0.1) is 0 Å². The minimum absolute atomic E-state index is 0.0328. The number of benzene rings is 1. The van der Waals surface area contributed by atoms with Crippen molar-refractivity contribution in [1.29, 1.82) is 0 Å². The predicted octanol–water partition coefficient (Wildman–Crippen LogP) is 3.92. The summed E-state index contributed by atoms with van der Waals surface area (Å²) < 4.78 is 4.91. The second-order valence-electron chi connectivity index (χ2n) is 5.13. The number of nitrogens with zero attached hydrogens (tertiary/aromatic N) is 2. The third kappa shape index (κ3) is 4.22. The Labute approximate surface area is 139 Å². The average molecular weight is 342 g/mol. The standard InChI is InChI=1S/C15H17Cl2N3O2/c1-9-6-14(19-22-9)18-15(21)8-20(3)10(2)12-5-4-11(16)7-13(12)17/h4-7,10H,8H2,1-3H3,(H,18,19,21). The highest BCUT2D eigenvalue weighted by atomic mass is 35.5. The molecular formula is C15H17Cl2N3O2. The fourth-order valence-corrected chi connectivity index (χ4v) is 2.62. The van der Waals surface area contributed by atoms with Gasteiger partial charge in [-0.1, -0.05) is 34.4 Å². The molecule has 0 aliphatic rings. The van der Waals surface area contributed by atoms with Crippen molar-refractivity contribution in [2.24, 2.45) is 0 Å². The monoisotopic (exact) mass is 341 g/mol. The lowest BCUT2D eigenvalue weighted by atomic mass is 10.1. The topological polar surface area (TPSA) is 58.4 Å². The predicted molar refractivity (Wildman–Crippen MR) is 87.4 cm³/mol. The highest BCUT2D eigenvalue weighted by Crippen LogP contribution is 2.28. The second kappa shape index (κ2) is 7.13. The highest BCUT2D eigenvalue weighted by Gasteiger charge is 2.18. The van der Waals surface area contributed by atoms with Gasteiger partial charge in [0.15, 0.2) is 5.82 Å². The first-order chi connectivity index (χ1) is 10.4. The molecule has 7 heteroatoms. The molecule has 5 nitrogen and oxygen atoms in total. The molecule has 0 saturated heterocycles. The lowest BCUT2D eigenvalue weighted by Gasteiger charge is -2.25. The summed E-state index contributed by atoms with van der Waals surface area (Å²) in [6.45, 7) is 3.94. The zero-order chi connectivity index (χ0) is 16.3. The first kappa shape index (κ1) is 16.8. The van der Waals surface area contributed by atoms with Gasteiger partial charge in [0.25, 0.3) is 0 Å². The number of halogens is 2. The summed E-state index contributed by atoms with van der Waals surface area (Å²) in [6, 6.07) is 6.98. The summed E-state index contributed by atoms with van der Waals surface area (Å²) in [6.07, 6.45) is 0. The fraction of sp³-hybridized carbons (Fsp3) is 0.333. The second-order valence-corrected chi connectivity index (χ2v) is 5.97. The van der Waals surface area contributed by atoms with Crippen LogP contribution in [0.4, 0.5) is 5.82 Å². The Morgan fingerprint density at radius 1 is 1.41 bits per heavy atom. The molecule has 0 aliphatic heterocycles. The normalized spacial score (nSPS) is 12.5. The fourth-order valence-electron chi connectivity index (χ4n) is 2.05. The molecule has 1 atom stereocenters. The third-order valence-corrected chi connectivity index (χ3v) is 3.92. The maximum atomic E-state index is 12.0. The van der Waals surface area contributed by atoms with Crippen molar-refractivity contribution >= 4 is 34.9 Å². The summed E-state index contributed by atoms with van der Waals surface area (Å²) in [5.41, 5.74) is 0.915. The molecule has 1 aromatic carbocycles. The van der Waals surface area contributed by atoms with E-state index in [0.29, 0.717) is 21.6 Å². The average Bonchev–Trinajstić information content (AvgIpc) is 2.83. The molecule has 0 spiro atoms. The number of anilines is 1. The van der Waals surface area contributed by atoms with Crippen LogP contribution in [0.15, 0.2) is 28.8 Å². The molecule has 1 N–H and O–H groups in total. The smallest absolute Gasteiger partial charge is 0.239 e. The van der Waals surface area contributed by atoms with Gasteiger partial charge < -0.3 is 9.84 Å². The van der Waals surface area contributed by atoms with E-state index in [0.717, 1.165) is 5.56 Å². The molecule has 2 rings (SSSR count). The molecule has 1 unspecified atom stereocenters. The third-order valence-electron chi connectivity index (χ3n) is 3.36. The Bertz CT molecular complexity index is 673. The van der Waals surface area contributed by atoms with Crippen LogP contribution >= 0.6 is 23.2 Å². The van der Waals surface area contributed by atoms with Crippen molar-refractivity contribution in [3.63, 3.8) is 0 Å². The number of carbonyl (C=O) groups excluding carboxylic acids is 1. The van der Waals surface area contributed by atoms with E-state index in [1.807, 2.05) is 24.9 Å². The molecule has 0 saturated carbocycles. The van der Waals surface area contributed by atoms with E-state index < -0.39 is 0 Å². The SMILES string of the molecule is Cc1cc(NC(=O)CN(C)C(C)c2ccc(Cl)cc2Cl)no1. The number of aromatic nitrogens is 1. The van der Waals surface area contributed by atoms with Gasteiger partial charge in [0.2, 0.25) is 5.91 Å². The van der Waals surface area contributed by atoms with E-state index in [1.54, 1.807) is 25.1 Å². The van der Waals surface area contributed by atoms with Crippen molar-refractivity contribution < 1.29 is 9.32 Å². The molecule has 1 heterocycles. The van der Waals surface area contributed by atoms with Crippen molar-refractivity contribution in [3.8, 4) is 0 Å². The molecule has 0 fully saturated rings. The van der Waals surface area contributed by atoms with Crippen molar-refractivity contribution in [1.82, 2.24) is 10.1 Å². The number of hydrogen-bond acceptors (Lipinski definition) is 4. The summed E-state index contributed by atoms with van der Waals surface area (Å²) in [5, 5.41) is 7.58. The van der Waals surface area contributed by atoms with Crippen LogP contribution in [-0.4, -0.2) is 29.6 Å². The van der Waals surface area contributed by atoms with Crippen molar-refractivity contribution in [3.05, 3.63) is 45.6 Å². The van der Waals surface area contributed by atoms with Crippen LogP contribution in [0, 0.1) is 6.92 Å². The Balaban J connectivity index is 1.98. The van der Waals surface area contributed by atoms with Crippen LogP contribution in [0.3, 0.4) is 0 Å². The van der Waals surface area contributed by atoms with Crippen LogP contribution in [0.25, 0.3) is 0 Å². The zero-order valence-corrected chi connectivity index (χ0v) is 14.1. The minimum atomic E-state index is -0.173. The number of aryl methyl sites for hydroxylation is 1. The quantitative estimate of drug-likeness (QED) is 0.895. The van der Waals surface area contributed by atoms with Gasteiger partial charge in [-0.3, -0.25) is 9.69 Å². The van der Waals surface area contributed by atoms with Gasteiger partial charge in [0.05, 0.1) is 6.54 Å². The Morgan fingerprint density at radius 3 is 2.73 bits per heavy atom. The maximum absolute atomic E-state index is 12.0. The van der Waals surface area contributed by atoms with E-state index in [-0.39, 0.29) is 18.5 Å². The zero-order valence-electron chi connectivity index (χ0n) is 12.6. The number of rotatable bonds is 5. The lowest BCUT2D eigenvalue weighted by Crippen LogP contribution is -2.32. The molecule has 1 aromatic heterocycles. The number of hydrogen-bond donors (Lipinski definition) is 1. The van der Waals surface area contributed by atoms with Gasteiger partial charge in [0, 0.05) is 22.2 Å². The van der Waals surface area contributed by atoms with Gasteiger partial charge in [-0.2, -0.15) is 0 Å². The molecule has 0 aliphatic carbocycles. The van der Waals surface area contributed by atoms with E-state index in [1.165, 1.54) is 0 Å². The number of amides is 1. The molecule has 0 bridgehead atoms. The maximum Gasteiger partial charge on any atom is 0.239 e. The Morgan fingerprint density at radius 2 is 2.14 bits per heavy atom. The van der Waals surface area contributed by atoms with E-state index in [2.05, 4.69) is 10.5 Å². The summed E-state index contributed by atoms with van der Waals surface area (Å²) in [5.74, 6) is 0.880. The first-order valence-corrected chi connectivity index (χ1v) is 7.50. The van der Waals surface area contributed by atoms with Crippen LogP contribution in [0.2, 0.25) is 10.0 Å². The van der Waals surface area contributed by atoms with E-state index in [4.69, 9.17) is 27.7 Å². The van der Waals surface area contributed by atoms with Crippen molar-refractivity contribution in [2.45, 2.75) is 19.9 Å². The first-order valence-electron chi connectivity index (χ1n) is 6.75. The van der Waals surface area contributed by atoms with Gasteiger partial charge in [-0.05, 0) is 38.6 Å². The summed E-state index contributed by atoms with van der Waals surface area (Å²) >= 11 is 12.1. The van der Waals surface area contributed by atoms with Crippen LogP contribution < -0.4 is 5.32 Å². The largest absolute Gasteiger partial charge is 0.360 e. The summed E-state index contributed by atoms with van der Waals surface area (Å²) in [7, 11) is 1.85. The summed E-state index contributed by atoms with van der Waals surface area (Å²) in [4.78, 5) is 13.9. The van der Waals surface area contributed by atoms with Crippen LogP contribution in [0.1, 0.15) is 24.3 Å². The van der Waals surface area contributed by atoms with E-state index >= 15 is 0 Å². The van der Waals surface area contributed by atoms with Crippen LogP contribution in [-0.2, 0) is 4.79 Å². The van der Waals surface area contributed by atoms with Gasteiger partial charge in [-0.25, -0.2) is 0 Å². The number of nitrogens with one attached hydrogen (secondary N) is 1. The number of likely N-dealkylation sites (N-methyl/N-ethyl adjacent to an activating group) is 1. The Hall–Kier alpha value is -1.56. The lowest BCUT2D eigenvalue weighted by molar-refractivity contribution is -0.117. The molecule has 1 amide bonds. The molecule has 118 valence electrons. The Kier molecular flexibility index (Phi) is 5.45. The minimum Gasteiger partial charge on any atom is -0.360 e. The molecule has 2 aromatic rings. The van der Waals surface area contributed by atoms with E-state index in [9.17, 15) is 4.79 Å². The number of carbonyl (C=O) groups is 1. The molecule has 22 heavy (non-hydrogen) atoms. The van der Waals surface area contributed by atoms with Crippen molar-refractivity contribution in [2.75, 3.05) is 18.9 Å². The van der Waals surface area contributed by atoms with Gasteiger partial charge >= 0.3 is 0 Å². The molecule has 0 radical (unpaired) electrons. The highest BCUT2D eigenvalue weighted by molar-refractivity contribution is 6.35. The van der Waals surface area contributed by atoms with Crippen LogP contribution in [0.5, 0.6) is 0 Å².